The van der Waals surface area contributed by atoms with E-state index in [0.717, 1.165) is 25.7 Å². The highest BCUT2D eigenvalue weighted by molar-refractivity contribution is 9.11. The van der Waals surface area contributed by atoms with Crippen LogP contribution in [0, 0.1) is 6.92 Å². The summed E-state index contributed by atoms with van der Waals surface area (Å²) < 4.78 is 9.32. The van der Waals surface area contributed by atoms with Crippen LogP contribution in [-0.2, 0) is 0 Å². The number of nitrogens with zero attached hydrogens (tertiary/aromatic N) is 2. The molecule has 7 heteroatoms. The van der Waals surface area contributed by atoms with E-state index in [1.807, 2.05) is 60.2 Å². The van der Waals surface area contributed by atoms with Crippen molar-refractivity contribution in [3.05, 3.63) is 86.8 Å². The molecule has 0 aliphatic rings. The Morgan fingerprint density at radius 1 is 1.14 bits per heavy atom. The first-order valence-electron chi connectivity index (χ1n) is 8.47. The Bertz CT molecular complexity index is 1210. The van der Waals surface area contributed by atoms with Crippen molar-refractivity contribution in [1.29, 1.82) is 0 Å². The number of benzene rings is 2. The molecule has 0 aliphatic heterocycles. The number of hydrogen-bond acceptors (Lipinski definition) is 3. The van der Waals surface area contributed by atoms with Crippen LogP contribution in [0.1, 0.15) is 21.8 Å². The third-order valence-electron chi connectivity index (χ3n) is 4.18. The molecule has 0 bridgehead atoms. The number of aryl methyl sites for hydroxylation is 1. The Morgan fingerprint density at radius 2 is 2.00 bits per heavy atom. The lowest BCUT2D eigenvalue weighted by molar-refractivity contribution is 0.0929. The van der Waals surface area contributed by atoms with E-state index in [9.17, 15) is 4.79 Å². The van der Waals surface area contributed by atoms with E-state index in [-0.39, 0.29) is 5.76 Å². The summed E-state index contributed by atoms with van der Waals surface area (Å²) >= 11 is 6.86. The van der Waals surface area contributed by atoms with Crippen molar-refractivity contribution < 1.29 is 9.21 Å². The zero-order chi connectivity index (χ0) is 19.7. The standard InChI is InChI=1S/C21H15Br2N3O2/c1-13-4-2-5-16(8-13)26-7-3-6-17(26)12-24-25-21(27)19-10-14-9-15(22)11-18(23)20(14)28-19/h2-12H,1H3,(H,25,27)/b24-12-. The van der Waals surface area contributed by atoms with Gasteiger partial charge in [-0.2, -0.15) is 5.10 Å². The summed E-state index contributed by atoms with van der Waals surface area (Å²) in [5.74, 6) is -0.218. The molecule has 0 aliphatic carbocycles. The Morgan fingerprint density at radius 3 is 2.82 bits per heavy atom. The highest BCUT2D eigenvalue weighted by atomic mass is 79.9. The van der Waals surface area contributed by atoms with Crippen LogP contribution in [0.4, 0.5) is 0 Å². The summed E-state index contributed by atoms with van der Waals surface area (Å²) in [5.41, 5.74) is 6.19. The Labute approximate surface area is 178 Å². The van der Waals surface area contributed by atoms with Crippen LogP contribution in [0.15, 0.2) is 79.3 Å². The van der Waals surface area contributed by atoms with Crippen molar-refractivity contribution in [3.63, 3.8) is 0 Å². The minimum atomic E-state index is -0.413. The lowest BCUT2D eigenvalue weighted by Gasteiger charge is -2.06. The van der Waals surface area contributed by atoms with Crippen molar-refractivity contribution in [3.8, 4) is 5.69 Å². The summed E-state index contributed by atoms with van der Waals surface area (Å²) in [5, 5.41) is 4.91. The molecule has 0 spiro atoms. The molecule has 0 fully saturated rings. The molecule has 0 unspecified atom stereocenters. The number of fused-ring (bicyclic) bond motifs is 1. The van der Waals surface area contributed by atoms with Gasteiger partial charge in [-0.1, -0.05) is 28.1 Å². The average Bonchev–Trinajstić information content (AvgIpc) is 3.28. The van der Waals surface area contributed by atoms with Gasteiger partial charge < -0.3 is 8.98 Å². The van der Waals surface area contributed by atoms with E-state index in [4.69, 9.17) is 4.42 Å². The van der Waals surface area contributed by atoms with Gasteiger partial charge in [-0.15, -0.1) is 0 Å². The minimum Gasteiger partial charge on any atom is -0.450 e. The van der Waals surface area contributed by atoms with Gasteiger partial charge in [-0.3, -0.25) is 4.79 Å². The van der Waals surface area contributed by atoms with Crippen LogP contribution in [0.2, 0.25) is 0 Å². The molecule has 0 atom stereocenters. The maximum absolute atomic E-state index is 12.4. The van der Waals surface area contributed by atoms with Gasteiger partial charge in [0.2, 0.25) is 0 Å². The zero-order valence-electron chi connectivity index (χ0n) is 14.8. The molecule has 4 rings (SSSR count). The van der Waals surface area contributed by atoms with Gasteiger partial charge in [0.1, 0.15) is 5.58 Å². The molecule has 2 heterocycles. The lowest BCUT2D eigenvalue weighted by atomic mass is 10.2. The molecule has 140 valence electrons. The van der Waals surface area contributed by atoms with Gasteiger partial charge in [0.15, 0.2) is 5.76 Å². The van der Waals surface area contributed by atoms with E-state index >= 15 is 0 Å². The number of aromatic nitrogens is 1. The molecular formula is C21H15Br2N3O2. The summed E-state index contributed by atoms with van der Waals surface area (Å²) in [6.45, 7) is 2.05. The normalized spacial score (nSPS) is 11.4. The van der Waals surface area contributed by atoms with Gasteiger partial charge in [0.25, 0.3) is 0 Å². The molecule has 0 saturated heterocycles. The highest BCUT2D eigenvalue weighted by Crippen LogP contribution is 2.30. The number of hydrogen-bond donors (Lipinski definition) is 1. The number of amides is 1. The zero-order valence-corrected chi connectivity index (χ0v) is 18.0. The highest BCUT2D eigenvalue weighted by Gasteiger charge is 2.14. The van der Waals surface area contributed by atoms with Crippen LogP contribution in [0.25, 0.3) is 16.7 Å². The molecule has 2 aromatic carbocycles. The second-order valence-electron chi connectivity index (χ2n) is 6.26. The predicted octanol–water partition coefficient (Wildman–Crippen LogP) is 5.82. The quantitative estimate of drug-likeness (QED) is 0.283. The van der Waals surface area contributed by atoms with Gasteiger partial charge in [-0.25, -0.2) is 5.43 Å². The number of nitrogens with one attached hydrogen (secondary N) is 1. The van der Waals surface area contributed by atoms with E-state index in [0.29, 0.717) is 5.58 Å². The minimum absolute atomic E-state index is 0.194. The van der Waals surface area contributed by atoms with Crippen molar-refractivity contribution in [2.24, 2.45) is 5.10 Å². The fraction of sp³-hybridized carbons (Fsp3) is 0.0476. The van der Waals surface area contributed by atoms with Gasteiger partial charge in [0.05, 0.1) is 16.4 Å². The van der Waals surface area contributed by atoms with Crippen molar-refractivity contribution in [2.45, 2.75) is 6.92 Å². The average molecular weight is 501 g/mol. The van der Waals surface area contributed by atoms with Gasteiger partial charge in [-0.05, 0) is 70.9 Å². The number of hydrazone groups is 1. The number of furan rings is 1. The van der Waals surface area contributed by atoms with E-state index < -0.39 is 5.91 Å². The molecule has 5 nitrogen and oxygen atoms in total. The molecular weight excluding hydrogens is 486 g/mol. The molecule has 2 aromatic heterocycles. The number of rotatable bonds is 4. The Kier molecular flexibility index (Phi) is 5.19. The van der Waals surface area contributed by atoms with Crippen molar-refractivity contribution in [2.75, 3.05) is 0 Å². The SMILES string of the molecule is Cc1cccc(-n2cccc2/C=N\NC(=O)c2cc3cc(Br)cc(Br)c3o2)c1. The molecule has 0 saturated carbocycles. The molecule has 1 N–H and O–H groups in total. The Hall–Kier alpha value is -2.64. The smallest absolute Gasteiger partial charge is 0.307 e. The van der Waals surface area contributed by atoms with Crippen LogP contribution < -0.4 is 5.43 Å². The molecule has 4 aromatic rings. The van der Waals surface area contributed by atoms with Crippen LogP contribution in [0.5, 0.6) is 0 Å². The molecule has 28 heavy (non-hydrogen) atoms. The maximum Gasteiger partial charge on any atom is 0.307 e. The first kappa shape index (κ1) is 18.7. The number of carbonyl (C=O) groups is 1. The molecule has 1 amide bonds. The third-order valence-corrected chi connectivity index (χ3v) is 5.23. The second-order valence-corrected chi connectivity index (χ2v) is 8.03. The maximum atomic E-state index is 12.4. The van der Waals surface area contributed by atoms with E-state index in [1.165, 1.54) is 5.56 Å². The van der Waals surface area contributed by atoms with Crippen molar-refractivity contribution in [1.82, 2.24) is 9.99 Å². The first-order chi connectivity index (χ1) is 13.5. The lowest BCUT2D eigenvalue weighted by Crippen LogP contribution is -2.17. The fourth-order valence-corrected chi connectivity index (χ4v) is 4.25. The second kappa shape index (κ2) is 7.77. The van der Waals surface area contributed by atoms with Gasteiger partial charge >= 0.3 is 5.91 Å². The number of carbonyl (C=O) groups excluding carboxylic acids is 1. The summed E-state index contributed by atoms with van der Waals surface area (Å²) in [6.07, 6.45) is 3.56. The largest absolute Gasteiger partial charge is 0.450 e. The van der Waals surface area contributed by atoms with Gasteiger partial charge in [0, 0.05) is 21.7 Å². The summed E-state index contributed by atoms with van der Waals surface area (Å²) in [4.78, 5) is 12.4. The monoisotopic (exact) mass is 499 g/mol. The molecule has 0 radical (unpaired) electrons. The first-order valence-corrected chi connectivity index (χ1v) is 10.1. The van der Waals surface area contributed by atoms with Crippen LogP contribution >= 0.6 is 31.9 Å². The topological polar surface area (TPSA) is 59.5 Å². The van der Waals surface area contributed by atoms with E-state index in [1.54, 1.807) is 12.3 Å². The summed E-state index contributed by atoms with van der Waals surface area (Å²) in [7, 11) is 0. The fourth-order valence-electron chi connectivity index (χ4n) is 2.91. The number of halogens is 2. The predicted molar refractivity (Wildman–Crippen MR) is 117 cm³/mol. The van der Waals surface area contributed by atoms with Crippen LogP contribution in [-0.4, -0.2) is 16.7 Å². The summed E-state index contributed by atoms with van der Waals surface area (Å²) in [6, 6.07) is 17.5. The van der Waals surface area contributed by atoms with Crippen LogP contribution in [0.3, 0.4) is 0 Å². The third kappa shape index (κ3) is 3.81. The van der Waals surface area contributed by atoms with Crippen molar-refractivity contribution >= 4 is 55.0 Å². The van der Waals surface area contributed by atoms with E-state index in [2.05, 4.69) is 48.5 Å². The Balaban J connectivity index is 1.52.